The van der Waals surface area contributed by atoms with E-state index in [0.717, 1.165) is 0 Å². The molecule has 1 N–H and O–H groups in total. The Hall–Kier alpha value is -0.430. The van der Waals surface area contributed by atoms with E-state index in [2.05, 4.69) is 5.32 Å². The lowest BCUT2D eigenvalue weighted by Crippen LogP contribution is -2.33. The summed E-state index contributed by atoms with van der Waals surface area (Å²) in [5, 5.41) is 2.82. The maximum Gasteiger partial charge on any atom is 0.441 e. The molecule has 0 saturated carbocycles. The second kappa shape index (κ2) is 8.63. The van der Waals surface area contributed by atoms with Crippen molar-refractivity contribution in [2.24, 2.45) is 0 Å². The second-order valence-electron chi connectivity index (χ2n) is 3.36. The molecular weight excluding hydrogens is 253 g/mol. The first kappa shape index (κ1) is 16.6. The van der Waals surface area contributed by atoms with E-state index in [4.69, 9.17) is 0 Å². The number of nitrogens with one attached hydrogen (secondary N) is 1. The number of hydrogen-bond donors (Lipinski definition) is 1. The number of amides is 1. The highest BCUT2D eigenvalue weighted by atomic mass is 32.2. The normalized spacial score (nSPS) is 11.6. The smallest absolute Gasteiger partial charge is 0.343 e. The van der Waals surface area contributed by atoms with Crippen molar-refractivity contribution in [1.29, 1.82) is 0 Å². The van der Waals surface area contributed by atoms with Gasteiger partial charge in [0.25, 0.3) is 0 Å². The number of carbonyl (C=O) groups is 1. The summed E-state index contributed by atoms with van der Waals surface area (Å²) in [7, 11) is 0. The van der Waals surface area contributed by atoms with E-state index in [-0.39, 0.29) is 30.0 Å². The van der Waals surface area contributed by atoms with Crippen LogP contribution in [0.1, 0.15) is 20.3 Å². The molecular formula is C10H19F3N2OS. The van der Waals surface area contributed by atoms with Gasteiger partial charge in [-0.05, 0) is 25.6 Å². The quantitative estimate of drug-likeness (QED) is 0.687. The van der Waals surface area contributed by atoms with Crippen LogP contribution in [0.3, 0.4) is 0 Å². The highest BCUT2D eigenvalue weighted by molar-refractivity contribution is 8.00. The number of nitrogens with zero attached hydrogens (tertiary/aromatic N) is 1. The van der Waals surface area contributed by atoms with Gasteiger partial charge in [0.15, 0.2) is 0 Å². The molecule has 0 spiro atoms. The van der Waals surface area contributed by atoms with Crippen LogP contribution in [-0.2, 0) is 4.79 Å². The van der Waals surface area contributed by atoms with Crippen molar-refractivity contribution in [3.05, 3.63) is 0 Å². The van der Waals surface area contributed by atoms with Crippen LogP contribution in [0, 0.1) is 0 Å². The fourth-order valence-electron chi connectivity index (χ4n) is 1.29. The first-order valence-corrected chi connectivity index (χ1v) is 6.58. The minimum atomic E-state index is -4.17. The van der Waals surface area contributed by atoms with Crippen LogP contribution in [0.5, 0.6) is 0 Å². The minimum absolute atomic E-state index is 0.0248. The van der Waals surface area contributed by atoms with E-state index in [9.17, 15) is 18.0 Å². The average Bonchev–Trinajstić information content (AvgIpc) is 2.23. The Kier molecular flexibility index (Phi) is 8.41. The number of alkyl halides is 3. The van der Waals surface area contributed by atoms with Crippen LogP contribution in [0.2, 0.25) is 0 Å². The van der Waals surface area contributed by atoms with Gasteiger partial charge in [0.05, 0.1) is 0 Å². The summed E-state index contributed by atoms with van der Waals surface area (Å²) in [6.45, 7) is 5.81. The Morgan fingerprint density at radius 3 is 2.29 bits per heavy atom. The van der Waals surface area contributed by atoms with Crippen LogP contribution in [0.4, 0.5) is 13.2 Å². The molecule has 0 aliphatic rings. The number of carbonyl (C=O) groups excluding carboxylic acids is 1. The lowest BCUT2D eigenvalue weighted by Gasteiger charge is -2.18. The third-order valence-corrected chi connectivity index (χ3v) is 2.91. The molecule has 0 atom stereocenters. The van der Waals surface area contributed by atoms with Gasteiger partial charge in [-0.15, -0.1) is 0 Å². The van der Waals surface area contributed by atoms with Crippen LogP contribution in [-0.4, -0.2) is 48.2 Å². The second-order valence-corrected chi connectivity index (χ2v) is 4.52. The van der Waals surface area contributed by atoms with Crippen molar-refractivity contribution < 1.29 is 18.0 Å². The number of hydrogen-bond acceptors (Lipinski definition) is 3. The summed E-state index contributed by atoms with van der Waals surface area (Å²) < 4.78 is 35.3. The molecule has 0 unspecified atom stereocenters. The maximum atomic E-state index is 11.8. The van der Waals surface area contributed by atoms with Crippen molar-refractivity contribution in [2.75, 3.05) is 31.9 Å². The molecule has 0 heterocycles. The maximum absolute atomic E-state index is 11.8. The van der Waals surface area contributed by atoms with Gasteiger partial charge in [0.1, 0.15) is 0 Å². The summed E-state index contributed by atoms with van der Waals surface area (Å²) in [6, 6.07) is 0. The van der Waals surface area contributed by atoms with Gasteiger partial charge in [-0.2, -0.15) is 13.2 Å². The first-order valence-electron chi connectivity index (χ1n) is 5.59. The Labute approximate surface area is 104 Å². The monoisotopic (exact) mass is 272 g/mol. The van der Waals surface area contributed by atoms with Gasteiger partial charge < -0.3 is 10.2 Å². The number of thioether (sulfide) groups is 1. The zero-order valence-corrected chi connectivity index (χ0v) is 11.0. The zero-order valence-electron chi connectivity index (χ0n) is 10.1. The van der Waals surface area contributed by atoms with Crippen molar-refractivity contribution >= 4 is 17.7 Å². The standard InChI is InChI=1S/C10H19F3N2OS/c1-3-15(4-2)9(16)5-6-14-7-8-17-10(11,12)13/h14H,3-8H2,1-2H3. The molecule has 0 aromatic heterocycles. The molecule has 0 aliphatic carbocycles. The Bertz CT molecular complexity index is 220. The molecule has 3 nitrogen and oxygen atoms in total. The number of rotatable bonds is 8. The lowest BCUT2D eigenvalue weighted by molar-refractivity contribution is -0.130. The van der Waals surface area contributed by atoms with E-state index < -0.39 is 5.51 Å². The van der Waals surface area contributed by atoms with Gasteiger partial charge in [-0.3, -0.25) is 4.79 Å². The molecule has 0 rings (SSSR count). The van der Waals surface area contributed by atoms with Gasteiger partial charge in [-0.1, -0.05) is 0 Å². The summed E-state index contributed by atoms with van der Waals surface area (Å²) in [5.41, 5.74) is -4.17. The summed E-state index contributed by atoms with van der Waals surface area (Å²) in [6.07, 6.45) is 0.332. The molecule has 0 fully saturated rings. The molecule has 7 heteroatoms. The topological polar surface area (TPSA) is 32.3 Å². The van der Waals surface area contributed by atoms with Crippen LogP contribution in [0.25, 0.3) is 0 Å². The molecule has 0 aromatic rings. The van der Waals surface area contributed by atoms with Gasteiger partial charge in [-0.25, -0.2) is 0 Å². The van der Waals surface area contributed by atoms with E-state index in [1.807, 2.05) is 13.8 Å². The van der Waals surface area contributed by atoms with Gasteiger partial charge in [0.2, 0.25) is 5.91 Å². The van der Waals surface area contributed by atoms with Crippen LogP contribution >= 0.6 is 11.8 Å². The van der Waals surface area contributed by atoms with Gasteiger partial charge in [0, 0.05) is 38.4 Å². The van der Waals surface area contributed by atoms with E-state index in [1.165, 1.54) is 0 Å². The number of halogens is 3. The summed E-state index contributed by atoms with van der Waals surface area (Å²) in [4.78, 5) is 13.2. The zero-order chi connectivity index (χ0) is 13.3. The fourth-order valence-corrected chi connectivity index (χ4v) is 1.77. The van der Waals surface area contributed by atoms with Crippen LogP contribution < -0.4 is 5.32 Å². The average molecular weight is 272 g/mol. The van der Waals surface area contributed by atoms with Gasteiger partial charge >= 0.3 is 5.51 Å². The largest absolute Gasteiger partial charge is 0.441 e. The SMILES string of the molecule is CCN(CC)C(=O)CCNCCSC(F)(F)F. The molecule has 0 radical (unpaired) electrons. The van der Waals surface area contributed by atoms with Crippen molar-refractivity contribution in [1.82, 2.24) is 10.2 Å². The highest BCUT2D eigenvalue weighted by Crippen LogP contribution is 2.29. The van der Waals surface area contributed by atoms with Crippen molar-refractivity contribution in [2.45, 2.75) is 25.8 Å². The molecule has 0 aliphatic heterocycles. The van der Waals surface area contributed by atoms with Crippen LogP contribution in [0.15, 0.2) is 0 Å². The minimum Gasteiger partial charge on any atom is -0.343 e. The fraction of sp³-hybridized carbons (Fsp3) is 0.900. The molecule has 0 saturated heterocycles. The molecule has 0 aromatic carbocycles. The first-order chi connectivity index (χ1) is 7.90. The third-order valence-electron chi connectivity index (χ3n) is 2.18. The lowest BCUT2D eigenvalue weighted by atomic mass is 10.3. The Morgan fingerprint density at radius 1 is 1.24 bits per heavy atom. The highest BCUT2D eigenvalue weighted by Gasteiger charge is 2.27. The Morgan fingerprint density at radius 2 is 1.82 bits per heavy atom. The van der Waals surface area contributed by atoms with E-state index in [0.29, 0.717) is 26.1 Å². The third kappa shape index (κ3) is 9.29. The summed E-state index contributed by atoms with van der Waals surface area (Å²) >= 11 is -0.0501. The molecule has 17 heavy (non-hydrogen) atoms. The predicted molar refractivity (Wildman–Crippen MR) is 63.9 cm³/mol. The molecule has 0 bridgehead atoms. The predicted octanol–water partition coefficient (Wildman–Crippen LogP) is 2.09. The van der Waals surface area contributed by atoms with Crippen molar-refractivity contribution in [3.63, 3.8) is 0 Å². The van der Waals surface area contributed by atoms with E-state index >= 15 is 0 Å². The van der Waals surface area contributed by atoms with E-state index in [1.54, 1.807) is 4.90 Å². The summed E-state index contributed by atoms with van der Waals surface area (Å²) in [5.74, 6) is 0.00847. The Balaban J connectivity index is 3.49. The van der Waals surface area contributed by atoms with Crippen molar-refractivity contribution in [3.8, 4) is 0 Å². The molecule has 1 amide bonds. The molecule has 102 valence electrons.